The van der Waals surface area contributed by atoms with Crippen molar-refractivity contribution in [2.45, 2.75) is 32.7 Å². The fourth-order valence-corrected chi connectivity index (χ4v) is 1.96. The van der Waals surface area contributed by atoms with E-state index in [1.165, 1.54) is 17.5 Å². The van der Waals surface area contributed by atoms with Gasteiger partial charge in [-0.15, -0.1) is 0 Å². The number of methoxy groups -OCH3 is 1. The largest absolute Gasteiger partial charge is 0.383 e. The lowest BCUT2D eigenvalue weighted by Gasteiger charge is -2.14. The molecule has 0 saturated heterocycles. The van der Waals surface area contributed by atoms with E-state index in [2.05, 4.69) is 48.7 Å². The Morgan fingerprint density at radius 2 is 1.89 bits per heavy atom. The molecule has 0 heterocycles. The van der Waals surface area contributed by atoms with E-state index in [9.17, 15) is 0 Å². The molecule has 3 nitrogen and oxygen atoms in total. The summed E-state index contributed by atoms with van der Waals surface area (Å²) < 4.78 is 5.00. The molecule has 0 spiro atoms. The molecule has 0 aliphatic rings. The molecule has 1 unspecified atom stereocenters. The first kappa shape index (κ1) is 16.2. The number of hydrogen-bond donors (Lipinski definition) is 2. The lowest BCUT2D eigenvalue weighted by molar-refractivity contribution is 0.198. The van der Waals surface area contributed by atoms with E-state index in [1.807, 2.05) is 0 Å². The summed E-state index contributed by atoms with van der Waals surface area (Å²) in [5.41, 5.74) is 2.76. The van der Waals surface area contributed by atoms with Crippen LogP contribution in [0.1, 0.15) is 24.5 Å². The van der Waals surface area contributed by atoms with Gasteiger partial charge in [-0.3, -0.25) is 0 Å². The number of rotatable bonds is 10. The zero-order valence-electron chi connectivity index (χ0n) is 12.5. The molecule has 0 radical (unpaired) electrons. The Balaban J connectivity index is 2.02. The van der Waals surface area contributed by atoms with Crippen LogP contribution in [-0.4, -0.2) is 39.4 Å². The minimum absolute atomic E-state index is 0.509. The Morgan fingerprint density at radius 3 is 2.58 bits per heavy atom. The summed E-state index contributed by atoms with van der Waals surface area (Å²) in [5.74, 6) is 0. The highest BCUT2D eigenvalue weighted by molar-refractivity contribution is 5.21. The predicted octanol–water partition coefficient (Wildman–Crippen LogP) is 2.14. The van der Waals surface area contributed by atoms with E-state index in [0.717, 1.165) is 32.7 Å². The van der Waals surface area contributed by atoms with Crippen LogP contribution >= 0.6 is 0 Å². The van der Waals surface area contributed by atoms with Crippen molar-refractivity contribution in [3.63, 3.8) is 0 Å². The van der Waals surface area contributed by atoms with Crippen LogP contribution in [0.5, 0.6) is 0 Å². The summed E-state index contributed by atoms with van der Waals surface area (Å²) in [6, 6.07) is 9.33. The number of nitrogens with one attached hydrogen (secondary N) is 2. The van der Waals surface area contributed by atoms with E-state index in [0.29, 0.717) is 6.04 Å². The second-order valence-corrected chi connectivity index (χ2v) is 5.14. The van der Waals surface area contributed by atoms with E-state index in [-0.39, 0.29) is 0 Å². The Labute approximate surface area is 117 Å². The van der Waals surface area contributed by atoms with Crippen molar-refractivity contribution in [3.05, 3.63) is 35.4 Å². The smallest absolute Gasteiger partial charge is 0.0587 e. The van der Waals surface area contributed by atoms with Gasteiger partial charge in [0.15, 0.2) is 0 Å². The van der Waals surface area contributed by atoms with Crippen molar-refractivity contribution in [3.8, 4) is 0 Å². The SMILES string of the molecule is COCCNCC(C)NCCCc1ccc(C)cc1. The molecule has 0 aliphatic heterocycles. The van der Waals surface area contributed by atoms with Gasteiger partial charge in [-0.1, -0.05) is 29.8 Å². The Bertz CT molecular complexity index is 324. The molecule has 0 amide bonds. The third-order valence-corrected chi connectivity index (χ3v) is 3.19. The maximum atomic E-state index is 5.00. The first-order chi connectivity index (χ1) is 9.22. The van der Waals surface area contributed by atoms with Crippen LogP contribution in [0.3, 0.4) is 0 Å². The molecule has 1 aromatic carbocycles. The molecule has 0 aliphatic carbocycles. The van der Waals surface area contributed by atoms with E-state index in [1.54, 1.807) is 7.11 Å². The van der Waals surface area contributed by atoms with Crippen molar-refractivity contribution in [1.29, 1.82) is 0 Å². The fourth-order valence-electron chi connectivity index (χ4n) is 1.96. The maximum Gasteiger partial charge on any atom is 0.0587 e. The van der Waals surface area contributed by atoms with E-state index < -0.39 is 0 Å². The standard InChI is InChI=1S/C16H28N2O/c1-14-6-8-16(9-7-14)5-4-10-18-15(2)13-17-11-12-19-3/h6-9,15,17-18H,4-5,10-13H2,1-3H3. The van der Waals surface area contributed by atoms with Gasteiger partial charge in [-0.05, 0) is 38.8 Å². The number of hydrogen-bond acceptors (Lipinski definition) is 3. The van der Waals surface area contributed by atoms with Crippen LogP contribution in [0.25, 0.3) is 0 Å². The topological polar surface area (TPSA) is 33.3 Å². The molecule has 0 bridgehead atoms. The monoisotopic (exact) mass is 264 g/mol. The molecule has 1 rings (SSSR count). The first-order valence-corrected chi connectivity index (χ1v) is 7.21. The summed E-state index contributed by atoms with van der Waals surface area (Å²) in [4.78, 5) is 0. The summed E-state index contributed by atoms with van der Waals surface area (Å²) in [5, 5.41) is 6.90. The van der Waals surface area contributed by atoms with Gasteiger partial charge >= 0.3 is 0 Å². The average Bonchev–Trinajstić information content (AvgIpc) is 2.42. The molecular weight excluding hydrogens is 236 g/mol. The summed E-state index contributed by atoms with van der Waals surface area (Å²) in [7, 11) is 1.73. The van der Waals surface area contributed by atoms with Crippen molar-refractivity contribution < 1.29 is 4.74 Å². The second-order valence-electron chi connectivity index (χ2n) is 5.14. The molecule has 108 valence electrons. The molecule has 2 N–H and O–H groups in total. The summed E-state index contributed by atoms with van der Waals surface area (Å²) >= 11 is 0. The number of aryl methyl sites for hydroxylation is 2. The third kappa shape index (κ3) is 7.98. The van der Waals surface area contributed by atoms with Crippen LogP contribution in [-0.2, 0) is 11.2 Å². The number of ether oxygens (including phenoxy) is 1. The van der Waals surface area contributed by atoms with Crippen LogP contribution in [0.15, 0.2) is 24.3 Å². The minimum Gasteiger partial charge on any atom is -0.383 e. The van der Waals surface area contributed by atoms with Crippen molar-refractivity contribution in [2.75, 3.05) is 33.4 Å². The minimum atomic E-state index is 0.509. The molecular formula is C16H28N2O. The van der Waals surface area contributed by atoms with Crippen LogP contribution < -0.4 is 10.6 Å². The van der Waals surface area contributed by atoms with Gasteiger partial charge in [0, 0.05) is 26.2 Å². The lowest BCUT2D eigenvalue weighted by atomic mass is 10.1. The zero-order chi connectivity index (χ0) is 13.9. The van der Waals surface area contributed by atoms with Gasteiger partial charge < -0.3 is 15.4 Å². The van der Waals surface area contributed by atoms with Crippen molar-refractivity contribution in [1.82, 2.24) is 10.6 Å². The van der Waals surface area contributed by atoms with Crippen LogP contribution in [0, 0.1) is 6.92 Å². The van der Waals surface area contributed by atoms with E-state index >= 15 is 0 Å². The average molecular weight is 264 g/mol. The molecule has 3 heteroatoms. The molecule has 1 atom stereocenters. The van der Waals surface area contributed by atoms with Gasteiger partial charge in [-0.2, -0.15) is 0 Å². The summed E-state index contributed by atoms with van der Waals surface area (Å²) in [6.45, 7) is 8.11. The predicted molar refractivity (Wildman–Crippen MR) is 81.7 cm³/mol. The molecule has 0 fully saturated rings. The third-order valence-electron chi connectivity index (χ3n) is 3.19. The molecule has 19 heavy (non-hydrogen) atoms. The maximum absolute atomic E-state index is 5.00. The Morgan fingerprint density at radius 1 is 1.16 bits per heavy atom. The highest BCUT2D eigenvalue weighted by Crippen LogP contribution is 2.05. The van der Waals surface area contributed by atoms with Gasteiger partial charge in [-0.25, -0.2) is 0 Å². The lowest BCUT2D eigenvalue weighted by Crippen LogP contribution is -2.37. The molecule has 0 aromatic heterocycles. The second kappa shape index (κ2) is 9.96. The summed E-state index contributed by atoms with van der Waals surface area (Å²) in [6.07, 6.45) is 2.34. The first-order valence-electron chi connectivity index (χ1n) is 7.21. The van der Waals surface area contributed by atoms with Crippen LogP contribution in [0.4, 0.5) is 0 Å². The quantitative estimate of drug-likeness (QED) is 0.635. The van der Waals surface area contributed by atoms with Gasteiger partial charge in [0.05, 0.1) is 6.61 Å². The highest BCUT2D eigenvalue weighted by Gasteiger charge is 2.00. The van der Waals surface area contributed by atoms with Crippen molar-refractivity contribution in [2.24, 2.45) is 0 Å². The fraction of sp³-hybridized carbons (Fsp3) is 0.625. The number of benzene rings is 1. The Kier molecular flexibility index (Phi) is 8.47. The van der Waals surface area contributed by atoms with Gasteiger partial charge in [0.25, 0.3) is 0 Å². The van der Waals surface area contributed by atoms with Gasteiger partial charge in [0.2, 0.25) is 0 Å². The highest BCUT2D eigenvalue weighted by atomic mass is 16.5. The zero-order valence-corrected chi connectivity index (χ0v) is 12.5. The normalized spacial score (nSPS) is 12.6. The molecule has 1 aromatic rings. The van der Waals surface area contributed by atoms with Crippen LogP contribution in [0.2, 0.25) is 0 Å². The van der Waals surface area contributed by atoms with Gasteiger partial charge in [0.1, 0.15) is 0 Å². The van der Waals surface area contributed by atoms with E-state index in [4.69, 9.17) is 4.74 Å². The Hall–Kier alpha value is -0.900. The molecule has 0 saturated carbocycles. The van der Waals surface area contributed by atoms with Crippen molar-refractivity contribution >= 4 is 0 Å².